The predicted octanol–water partition coefficient (Wildman–Crippen LogP) is 1.69. The van der Waals surface area contributed by atoms with Crippen LogP contribution in [0.15, 0.2) is 11.1 Å². The first-order chi connectivity index (χ1) is 6.70. The average molecular weight is 194 g/mol. The zero-order valence-corrected chi connectivity index (χ0v) is 9.45. The summed E-state index contributed by atoms with van der Waals surface area (Å²) in [6.07, 6.45) is 4.26. The van der Waals surface area contributed by atoms with E-state index in [0.717, 1.165) is 19.6 Å². The van der Waals surface area contributed by atoms with Gasteiger partial charge in [0, 0.05) is 26.2 Å². The van der Waals surface area contributed by atoms with Gasteiger partial charge in [-0.1, -0.05) is 18.9 Å². The highest BCUT2D eigenvalue weighted by Crippen LogP contribution is 2.39. The predicted molar refractivity (Wildman–Crippen MR) is 60.4 cm³/mol. The summed E-state index contributed by atoms with van der Waals surface area (Å²) < 4.78 is 0. The highest BCUT2D eigenvalue weighted by Gasteiger charge is 2.30. The topological polar surface area (TPSA) is 24.1 Å². The lowest BCUT2D eigenvalue weighted by Gasteiger charge is -2.38. The molecule has 2 nitrogen and oxygen atoms in total. The second kappa shape index (κ2) is 4.03. The van der Waals surface area contributed by atoms with Crippen LogP contribution in [0, 0.1) is 5.41 Å². The molecular formula is C12H22N2. The minimum Gasteiger partial charge on any atom is -0.312 e. The summed E-state index contributed by atoms with van der Waals surface area (Å²) >= 11 is 0. The quantitative estimate of drug-likeness (QED) is 0.665. The van der Waals surface area contributed by atoms with Crippen molar-refractivity contribution in [1.82, 2.24) is 10.6 Å². The van der Waals surface area contributed by atoms with Crippen molar-refractivity contribution in [3.8, 4) is 0 Å². The van der Waals surface area contributed by atoms with Gasteiger partial charge < -0.3 is 10.6 Å². The molecule has 1 aliphatic heterocycles. The Labute approximate surface area is 87.2 Å². The standard InChI is InChI=1S/C12H22N2/c1-10(11-7-13-8-11)6-14-9-12(2)4-3-5-12/h13-14H,3-9H2,1-2H3. The molecule has 1 saturated carbocycles. The van der Waals surface area contributed by atoms with Gasteiger partial charge >= 0.3 is 0 Å². The van der Waals surface area contributed by atoms with Gasteiger partial charge in [-0.05, 0) is 30.8 Å². The van der Waals surface area contributed by atoms with Crippen molar-refractivity contribution in [3.05, 3.63) is 11.1 Å². The summed E-state index contributed by atoms with van der Waals surface area (Å²) in [6.45, 7) is 9.18. The minimum atomic E-state index is 0.614. The fourth-order valence-corrected chi connectivity index (χ4v) is 2.19. The first-order valence-corrected chi connectivity index (χ1v) is 5.79. The molecule has 80 valence electrons. The molecule has 0 bridgehead atoms. The Hall–Kier alpha value is -0.340. The molecule has 1 saturated heterocycles. The van der Waals surface area contributed by atoms with Gasteiger partial charge in [0.2, 0.25) is 0 Å². The third kappa shape index (κ3) is 2.18. The van der Waals surface area contributed by atoms with E-state index in [0.29, 0.717) is 5.41 Å². The lowest BCUT2D eigenvalue weighted by Crippen LogP contribution is -2.39. The zero-order valence-electron chi connectivity index (χ0n) is 9.45. The van der Waals surface area contributed by atoms with Crippen LogP contribution in [0.4, 0.5) is 0 Å². The van der Waals surface area contributed by atoms with Crippen LogP contribution in [0.3, 0.4) is 0 Å². The summed E-state index contributed by atoms with van der Waals surface area (Å²) in [7, 11) is 0. The fraction of sp³-hybridized carbons (Fsp3) is 0.833. The first-order valence-electron chi connectivity index (χ1n) is 5.79. The molecule has 0 aromatic carbocycles. The molecule has 0 unspecified atom stereocenters. The molecule has 0 spiro atoms. The molecule has 1 aliphatic carbocycles. The number of hydrogen-bond acceptors (Lipinski definition) is 2. The van der Waals surface area contributed by atoms with E-state index < -0.39 is 0 Å². The zero-order chi connectivity index (χ0) is 10.0. The van der Waals surface area contributed by atoms with Crippen molar-refractivity contribution in [2.45, 2.75) is 33.1 Å². The van der Waals surface area contributed by atoms with Crippen molar-refractivity contribution in [2.24, 2.45) is 5.41 Å². The van der Waals surface area contributed by atoms with Crippen molar-refractivity contribution in [1.29, 1.82) is 0 Å². The van der Waals surface area contributed by atoms with Crippen LogP contribution >= 0.6 is 0 Å². The molecule has 0 aromatic rings. The van der Waals surface area contributed by atoms with Gasteiger partial charge in [0.15, 0.2) is 0 Å². The monoisotopic (exact) mass is 194 g/mol. The van der Waals surface area contributed by atoms with Gasteiger partial charge in [0.05, 0.1) is 0 Å². The number of hydrogen-bond donors (Lipinski definition) is 2. The Balaban J connectivity index is 1.67. The molecule has 0 radical (unpaired) electrons. The smallest absolute Gasteiger partial charge is 0.0183 e. The summed E-state index contributed by atoms with van der Waals surface area (Å²) in [5, 5.41) is 6.88. The molecule has 2 aliphatic rings. The van der Waals surface area contributed by atoms with Gasteiger partial charge in [-0.25, -0.2) is 0 Å². The molecule has 2 rings (SSSR count). The molecule has 2 heteroatoms. The van der Waals surface area contributed by atoms with Crippen LogP contribution in [0.1, 0.15) is 33.1 Å². The van der Waals surface area contributed by atoms with Crippen LogP contribution in [0.25, 0.3) is 0 Å². The van der Waals surface area contributed by atoms with E-state index in [1.54, 1.807) is 11.1 Å². The van der Waals surface area contributed by atoms with Gasteiger partial charge in [-0.3, -0.25) is 0 Å². The molecule has 0 amide bonds. The van der Waals surface area contributed by atoms with Crippen molar-refractivity contribution in [2.75, 3.05) is 26.2 Å². The third-order valence-corrected chi connectivity index (χ3v) is 3.78. The van der Waals surface area contributed by atoms with E-state index in [4.69, 9.17) is 0 Å². The Bertz CT molecular complexity index is 233. The molecule has 14 heavy (non-hydrogen) atoms. The Morgan fingerprint density at radius 2 is 2.14 bits per heavy atom. The summed E-state index contributed by atoms with van der Waals surface area (Å²) in [4.78, 5) is 0. The summed E-state index contributed by atoms with van der Waals surface area (Å²) in [5.41, 5.74) is 3.77. The number of nitrogens with one attached hydrogen (secondary N) is 2. The van der Waals surface area contributed by atoms with E-state index in [1.807, 2.05) is 0 Å². The Morgan fingerprint density at radius 1 is 1.43 bits per heavy atom. The van der Waals surface area contributed by atoms with E-state index >= 15 is 0 Å². The highest BCUT2D eigenvalue weighted by atomic mass is 14.9. The molecular weight excluding hydrogens is 172 g/mol. The fourth-order valence-electron chi connectivity index (χ4n) is 2.19. The van der Waals surface area contributed by atoms with E-state index in [2.05, 4.69) is 24.5 Å². The minimum absolute atomic E-state index is 0.614. The van der Waals surface area contributed by atoms with Crippen molar-refractivity contribution in [3.63, 3.8) is 0 Å². The average Bonchev–Trinajstić information content (AvgIpc) is 1.98. The van der Waals surface area contributed by atoms with Crippen molar-refractivity contribution < 1.29 is 0 Å². The highest BCUT2D eigenvalue weighted by molar-refractivity contribution is 5.22. The number of rotatable bonds is 4. The van der Waals surface area contributed by atoms with Crippen LogP contribution < -0.4 is 10.6 Å². The Kier molecular flexibility index (Phi) is 2.93. The van der Waals surface area contributed by atoms with Crippen LogP contribution in [0.5, 0.6) is 0 Å². The Morgan fingerprint density at radius 3 is 2.57 bits per heavy atom. The SMILES string of the molecule is CC(CNCC1(C)CCC1)=C1CNC1. The van der Waals surface area contributed by atoms with E-state index in [-0.39, 0.29) is 0 Å². The largest absolute Gasteiger partial charge is 0.312 e. The van der Waals surface area contributed by atoms with Gasteiger partial charge in [0.25, 0.3) is 0 Å². The first kappa shape index (κ1) is 10.2. The maximum absolute atomic E-state index is 3.59. The molecule has 2 N–H and O–H groups in total. The van der Waals surface area contributed by atoms with Gasteiger partial charge in [0.1, 0.15) is 0 Å². The second-order valence-electron chi connectivity index (χ2n) is 5.26. The van der Waals surface area contributed by atoms with Crippen LogP contribution in [0.2, 0.25) is 0 Å². The van der Waals surface area contributed by atoms with Gasteiger partial charge in [-0.2, -0.15) is 0 Å². The summed E-state index contributed by atoms with van der Waals surface area (Å²) in [6, 6.07) is 0. The van der Waals surface area contributed by atoms with Crippen molar-refractivity contribution >= 4 is 0 Å². The second-order valence-corrected chi connectivity index (χ2v) is 5.26. The van der Waals surface area contributed by atoms with E-state index in [9.17, 15) is 0 Å². The summed E-state index contributed by atoms with van der Waals surface area (Å²) in [5.74, 6) is 0. The molecule has 0 atom stereocenters. The lowest BCUT2D eigenvalue weighted by atomic mass is 9.70. The maximum atomic E-state index is 3.59. The maximum Gasteiger partial charge on any atom is 0.0183 e. The molecule has 2 fully saturated rings. The van der Waals surface area contributed by atoms with E-state index in [1.165, 1.54) is 25.8 Å². The lowest BCUT2D eigenvalue weighted by molar-refractivity contribution is 0.158. The molecule has 0 aromatic heterocycles. The molecule has 1 heterocycles. The van der Waals surface area contributed by atoms with Crippen LogP contribution in [-0.2, 0) is 0 Å². The normalized spacial score (nSPS) is 24.0. The van der Waals surface area contributed by atoms with Gasteiger partial charge in [-0.15, -0.1) is 0 Å². The van der Waals surface area contributed by atoms with Crippen LogP contribution in [-0.4, -0.2) is 26.2 Å². The third-order valence-electron chi connectivity index (χ3n) is 3.78.